The molecule has 0 aliphatic carbocycles. The Morgan fingerprint density at radius 2 is 1.95 bits per heavy atom. The fourth-order valence-corrected chi connectivity index (χ4v) is 2.64. The Labute approximate surface area is 115 Å². The molecule has 1 aromatic rings. The first-order chi connectivity index (χ1) is 9.27. The number of nitrogens with one attached hydrogen (secondary N) is 2. The second-order valence-electron chi connectivity index (χ2n) is 5.26. The molecular weight excluding hydrogens is 238 g/mol. The molecule has 1 aliphatic rings. The summed E-state index contributed by atoms with van der Waals surface area (Å²) in [4.78, 5) is 13.6. The van der Waals surface area contributed by atoms with E-state index in [1.54, 1.807) is 17.0 Å². The van der Waals surface area contributed by atoms with Crippen molar-refractivity contribution in [2.24, 2.45) is 0 Å². The van der Waals surface area contributed by atoms with Gasteiger partial charge in [-0.15, -0.1) is 0 Å². The highest BCUT2D eigenvalue weighted by Crippen LogP contribution is 2.09. The summed E-state index contributed by atoms with van der Waals surface area (Å²) < 4.78 is 0. The highest BCUT2D eigenvalue weighted by atomic mass is 16.1. The van der Waals surface area contributed by atoms with Gasteiger partial charge in [-0.2, -0.15) is 0 Å². The zero-order valence-electron chi connectivity index (χ0n) is 11.5. The van der Waals surface area contributed by atoms with Gasteiger partial charge in [-0.3, -0.25) is 4.79 Å². The van der Waals surface area contributed by atoms with Gasteiger partial charge in [0.25, 0.3) is 5.91 Å². The van der Waals surface area contributed by atoms with Crippen molar-refractivity contribution in [3.63, 3.8) is 0 Å². The summed E-state index contributed by atoms with van der Waals surface area (Å²) in [5.74, 6) is -0.0632. The molecule has 0 unspecified atom stereocenters. The molecule has 2 rings (SSSR count). The van der Waals surface area contributed by atoms with Crippen LogP contribution in [0.25, 0.3) is 0 Å². The number of hydrogen-bond acceptors (Lipinski definition) is 2. The minimum Gasteiger partial charge on any atom is -0.398 e. The van der Waals surface area contributed by atoms with Crippen LogP contribution in [0.3, 0.4) is 0 Å². The number of likely N-dealkylation sites (tertiary alicyclic amines) is 1. The van der Waals surface area contributed by atoms with Gasteiger partial charge in [0.2, 0.25) is 0 Å². The van der Waals surface area contributed by atoms with Crippen molar-refractivity contribution in [3.05, 3.63) is 29.8 Å². The number of piperidine rings is 1. The second kappa shape index (κ2) is 7.14. The van der Waals surface area contributed by atoms with E-state index in [-0.39, 0.29) is 5.91 Å². The lowest BCUT2D eigenvalue weighted by Gasteiger charge is -2.23. The summed E-state index contributed by atoms with van der Waals surface area (Å²) in [6, 6.07) is 7.20. The Morgan fingerprint density at radius 3 is 2.68 bits per heavy atom. The van der Waals surface area contributed by atoms with Gasteiger partial charge in [-0.25, -0.2) is 0 Å². The number of rotatable bonds is 5. The second-order valence-corrected chi connectivity index (χ2v) is 5.26. The van der Waals surface area contributed by atoms with Gasteiger partial charge in [0, 0.05) is 18.7 Å². The van der Waals surface area contributed by atoms with Crippen LogP contribution in [0, 0.1) is 0 Å². The Bertz CT molecular complexity index is 414. The SMILES string of the molecule is Nc1ccccc1C(=O)NCCC[NH+]1CCCCC1. The minimum absolute atomic E-state index is 0.0632. The summed E-state index contributed by atoms with van der Waals surface area (Å²) in [7, 11) is 0. The summed E-state index contributed by atoms with van der Waals surface area (Å²) in [5, 5.41) is 2.95. The molecule has 1 aromatic carbocycles. The van der Waals surface area contributed by atoms with Crippen LogP contribution in [0.15, 0.2) is 24.3 Å². The average molecular weight is 262 g/mol. The van der Waals surface area contributed by atoms with E-state index in [9.17, 15) is 4.79 Å². The number of carbonyl (C=O) groups is 1. The summed E-state index contributed by atoms with van der Waals surface area (Å²) >= 11 is 0. The van der Waals surface area contributed by atoms with E-state index < -0.39 is 0 Å². The molecule has 1 saturated heterocycles. The number of amides is 1. The predicted molar refractivity (Wildman–Crippen MR) is 77.2 cm³/mol. The Morgan fingerprint density at radius 1 is 1.21 bits per heavy atom. The summed E-state index contributed by atoms with van der Waals surface area (Å²) in [6.45, 7) is 4.47. The summed E-state index contributed by atoms with van der Waals surface area (Å²) in [5.41, 5.74) is 6.90. The summed E-state index contributed by atoms with van der Waals surface area (Å²) in [6.07, 6.45) is 5.12. The van der Waals surface area contributed by atoms with Gasteiger partial charge in [0.1, 0.15) is 0 Å². The van der Waals surface area contributed by atoms with E-state index in [1.165, 1.54) is 32.4 Å². The van der Waals surface area contributed by atoms with Crippen LogP contribution in [-0.2, 0) is 0 Å². The number of nitrogen functional groups attached to an aromatic ring is 1. The molecule has 1 amide bonds. The maximum absolute atomic E-state index is 11.9. The Kier molecular flexibility index (Phi) is 5.21. The normalized spacial score (nSPS) is 16.2. The van der Waals surface area contributed by atoms with Crippen molar-refractivity contribution in [1.29, 1.82) is 0 Å². The number of carbonyl (C=O) groups excluding carboxylic acids is 1. The number of anilines is 1. The highest BCUT2D eigenvalue weighted by Gasteiger charge is 2.13. The zero-order valence-corrected chi connectivity index (χ0v) is 11.5. The lowest BCUT2D eigenvalue weighted by molar-refractivity contribution is -0.904. The van der Waals surface area contributed by atoms with Crippen LogP contribution in [0.4, 0.5) is 5.69 Å². The third-order valence-corrected chi connectivity index (χ3v) is 3.76. The van der Waals surface area contributed by atoms with E-state index in [0.717, 1.165) is 19.5 Å². The molecule has 1 fully saturated rings. The van der Waals surface area contributed by atoms with Gasteiger partial charge in [-0.1, -0.05) is 12.1 Å². The number of hydrogen-bond donors (Lipinski definition) is 3. The molecule has 1 heterocycles. The van der Waals surface area contributed by atoms with E-state index in [2.05, 4.69) is 5.32 Å². The van der Waals surface area contributed by atoms with Crippen LogP contribution in [0.2, 0.25) is 0 Å². The van der Waals surface area contributed by atoms with Gasteiger partial charge in [0.05, 0.1) is 25.2 Å². The van der Waals surface area contributed by atoms with E-state index in [1.807, 2.05) is 12.1 Å². The van der Waals surface area contributed by atoms with Crippen LogP contribution in [0.1, 0.15) is 36.0 Å². The van der Waals surface area contributed by atoms with Crippen LogP contribution in [-0.4, -0.2) is 32.1 Å². The molecular formula is C15H24N3O+. The number of benzene rings is 1. The topological polar surface area (TPSA) is 59.6 Å². The quantitative estimate of drug-likeness (QED) is 0.533. The first kappa shape index (κ1) is 13.9. The maximum Gasteiger partial charge on any atom is 0.253 e. The monoisotopic (exact) mass is 262 g/mol. The van der Waals surface area contributed by atoms with Gasteiger partial charge >= 0.3 is 0 Å². The maximum atomic E-state index is 11.9. The first-order valence-corrected chi connectivity index (χ1v) is 7.23. The molecule has 104 valence electrons. The first-order valence-electron chi connectivity index (χ1n) is 7.23. The standard InChI is InChI=1S/C15H23N3O/c16-14-8-3-2-7-13(14)15(19)17-9-6-12-18-10-4-1-5-11-18/h2-3,7-8H,1,4-6,9-12,16H2,(H,17,19)/p+1. The molecule has 0 aromatic heterocycles. The zero-order chi connectivity index (χ0) is 13.5. The molecule has 0 atom stereocenters. The van der Waals surface area contributed by atoms with Crippen molar-refractivity contribution < 1.29 is 9.69 Å². The van der Waals surface area contributed by atoms with Crippen molar-refractivity contribution in [2.75, 3.05) is 31.9 Å². The molecule has 0 bridgehead atoms. The van der Waals surface area contributed by atoms with E-state index >= 15 is 0 Å². The fraction of sp³-hybridized carbons (Fsp3) is 0.533. The van der Waals surface area contributed by atoms with Crippen LogP contribution < -0.4 is 16.0 Å². The van der Waals surface area contributed by atoms with E-state index in [4.69, 9.17) is 5.73 Å². The van der Waals surface area contributed by atoms with Crippen molar-refractivity contribution in [3.8, 4) is 0 Å². The number of para-hydroxylation sites is 1. The minimum atomic E-state index is -0.0632. The van der Waals surface area contributed by atoms with Crippen molar-refractivity contribution in [1.82, 2.24) is 5.32 Å². The van der Waals surface area contributed by atoms with Crippen molar-refractivity contribution >= 4 is 11.6 Å². The molecule has 0 saturated carbocycles. The molecule has 0 spiro atoms. The predicted octanol–water partition coefficient (Wildman–Crippen LogP) is 0.458. The average Bonchev–Trinajstić information content (AvgIpc) is 2.45. The van der Waals surface area contributed by atoms with Crippen molar-refractivity contribution in [2.45, 2.75) is 25.7 Å². The molecule has 19 heavy (non-hydrogen) atoms. The fourth-order valence-electron chi connectivity index (χ4n) is 2.64. The third-order valence-electron chi connectivity index (χ3n) is 3.76. The van der Waals surface area contributed by atoms with Crippen LogP contribution in [0.5, 0.6) is 0 Å². The smallest absolute Gasteiger partial charge is 0.253 e. The van der Waals surface area contributed by atoms with E-state index in [0.29, 0.717) is 11.3 Å². The lowest BCUT2D eigenvalue weighted by Crippen LogP contribution is -3.12. The number of nitrogens with two attached hydrogens (primary N) is 1. The van der Waals surface area contributed by atoms with Crippen LogP contribution >= 0.6 is 0 Å². The Balaban J connectivity index is 1.68. The Hall–Kier alpha value is -1.55. The number of quaternary nitrogens is 1. The van der Waals surface area contributed by atoms with Gasteiger partial charge in [-0.05, 0) is 31.4 Å². The molecule has 4 nitrogen and oxygen atoms in total. The molecule has 4 heteroatoms. The highest BCUT2D eigenvalue weighted by molar-refractivity contribution is 5.98. The van der Waals surface area contributed by atoms with Gasteiger partial charge < -0.3 is 16.0 Å². The largest absolute Gasteiger partial charge is 0.398 e. The molecule has 1 aliphatic heterocycles. The molecule has 0 radical (unpaired) electrons. The molecule has 4 N–H and O–H groups in total. The van der Waals surface area contributed by atoms with Gasteiger partial charge in [0.15, 0.2) is 0 Å². The third kappa shape index (κ3) is 4.24. The lowest BCUT2D eigenvalue weighted by atomic mass is 10.1.